The van der Waals surface area contributed by atoms with E-state index in [2.05, 4.69) is 15.3 Å². The Labute approximate surface area is 146 Å². The number of fused-ring (bicyclic) bond motifs is 1. The van der Waals surface area contributed by atoms with Crippen LogP contribution in [0.3, 0.4) is 0 Å². The second kappa shape index (κ2) is 6.78. The van der Waals surface area contributed by atoms with E-state index in [-0.39, 0.29) is 24.2 Å². The largest absolute Gasteiger partial charge is 0.365 e. The van der Waals surface area contributed by atoms with Crippen molar-refractivity contribution in [1.29, 1.82) is 0 Å². The third kappa shape index (κ3) is 3.34. The summed E-state index contributed by atoms with van der Waals surface area (Å²) in [7, 11) is 0. The minimum atomic E-state index is -0.318. The first-order chi connectivity index (χ1) is 12.2. The van der Waals surface area contributed by atoms with Gasteiger partial charge in [0.05, 0.1) is 6.42 Å². The van der Waals surface area contributed by atoms with E-state index in [0.29, 0.717) is 18.7 Å². The number of carbonyl (C=O) groups is 1. The third-order valence-corrected chi connectivity index (χ3v) is 5.06. The SMILES string of the molecule is O=C(Cc1ccccc1F)N1CC[C@H](Nc2ncnc3c2CCC3)C1. The zero-order chi connectivity index (χ0) is 17.2. The predicted molar refractivity (Wildman–Crippen MR) is 92.8 cm³/mol. The number of amides is 1. The highest BCUT2D eigenvalue weighted by molar-refractivity contribution is 5.79. The molecular formula is C19H21FN4O. The van der Waals surface area contributed by atoms with Crippen LogP contribution in [-0.2, 0) is 24.1 Å². The van der Waals surface area contributed by atoms with Gasteiger partial charge in [-0.15, -0.1) is 0 Å². The van der Waals surface area contributed by atoms with Gasteiger partial charge >= 0.3 is 0 Å². The highest BCUT2D eigenvalue weighted by atomic mass is 19.1. The summed E-state index contributed by atoms with van der Waals surface area (Å²) in [4.78, 5) is 23.0. The first-order valence-corrected chi connectivity index (χ1v) is 8.81. The van der Waals surface area contributed by atoms with E-state index in [1.165, 1.54) is 11.6 Å². The summed E-state index contributed by atoms with van der Waals surface area (Å²) in [5.74, 6) is 0.569. The fraction of sp³-hybridized carbons (Fsp3) is 0.421. The summed E-state index contributed by atoms with van der Waals surface area (Å²) in [5, 5.41) is 3.48. The fourth-order valence-electron chi connectivity index (χ4n) is 3.70. The number of hydrogen-bond acceptors (Lipinski definition) is 4. The summed E-state index contributed by atoms with van der Waals surface area (Å²) < 4.78 is 13.7. The van der Waals surface area contributed by atoms with Gasteiger partial charge in [-0.05, 0) is 37.3 Å². The number of carbonyl (C=O) groups excluding carboxylic acids is 1. The minimum Gasteiger partial charge on any atom is -0.365 e. The zero-order valence-corrected chi connectivity index (χ0v) is 14.0. The standard InChI is InChI=1S/C19H21FN4O/c20-16-6-2-1-4-13(16)10-18(25)24-9-8-14(11-24)23-19-15-5-3-7-17(15)21-12-22-19/h1-2,4,6,12,14H,3,5,7-11H2,(H,21,22,23)/t14-/m0/s1. The average Bonchev–Trinajstić information content (AvgIpc) is 3.26. The monoisotopic (exact) mass is 340 g/mol. The third-order valence-electron chi connectivity index (χ3n) is 5.06. The van der Waals surface area contributed by atoms with Gasteiger partial charge in [-0.3, -0.25) is 4.79 Å². The van der Waals surface area contributed by atoms with E-state index in [4.69, 9.17) is 0 Å². The highest BCUT2D eigenvalue weighted by Crippen LogP contribution is 2.26. The molecular weight excluding hydrogens is 319 g/mol. The predicted octanol–water partition coefficient (Wildman–Crippen LogP) is 2.36. The van der Waals surface area contributed by atoms with Crippen molar-refractivity contribution in [1.82, 2.24) is 14.9 Å². The molecule has 1 aromatic carbocycles. The molecule has 1 amide bonds. The van der Waals surface area contributed by atoms with Gasteiger partial charge in [0.2, 0.25) is 5.91 Å². The maximum Gasteiger partial charge on any atom is 0.227 e. The Morgan fingerprint density at radius 1 is 1.28 bits per heavy atom. The molecule has 1 N–H and O–H groups in total. The molecule has 2 aliphatic rings. The lowest BCUT2D eigenvalue weighted by molar-refractivity contribution is -0.129. The van der Waals surface area contributed by atoms with Crippen LogP contribution < -0.4 is 5.32 Å². The van der Waals surface area contributed by atoms with E-state index < -0.39 is 0 Å². The molecule has 1 aliphatic carbocycles. The lowest BCUT2D eigenvalue weighted by Gasteiger charge is -2.18. The van der Waals surface area contributed by atoms with Gasteiger partial charge < -0.3 is 10.2 Å². The molecule has 0 saturated carbocycles. The number of likely N-dealkylation sites (tertiary alicyclic amines) is 1. The summed E-state index contributed by atoms with van der Waals surface area (Å²) in [6.07, 6.45) is 5.76. The number of rotatable bonds is 4. The number of aromatic nitrogens is 2. The zero-order valence-electron chi connectivity index (χ0n) is 14.0. The van der Waals surface area contributed by atoms with Gasteiger partial charge in [0.25, 0.3) is 0 Å². The molecule has 5 nitrogen and oxygen atoms in total. The maximum atomic E-state index is 13.7. The molecule has 2 heterocycles. The molecule has 0 radical (unpaired) electrons. The van der Waals surface area contributed by atoms with E-state index >= 15 is 0 Å². The number of nitrogens with zero attached hydrogens (tertiary/aromatic N) is 3. The van der Waals surface area contributed by atoms with Crippen LogP contribution in [0.25, 0.3) is 0 Å². The van der Waals surface area contributed by atoms with E-state index in [1.54, 1.807) is 24.5 Å². The van der Waals surface area contributed by atoms with Crippen molar-refractivity contribution in [3.05, 3.63) is 53.2 Å². The summed E-state index contributed by atoms with van der Waals surface area (Å²) in [6.45, 7) is 1.32. The molecule has 0 bridgehead atoms. The molecule has 25 heavy (non-hydrogen) atoms. The molecule has 0 unspecified atom stereocenters. The van der Waals surface area contributed by atoms with Crippen molar-refractivity contribution in [3.63, 3.8) is 0 Å². The van der Waals surface area contributed by atoms with Crippen molar-refractivity contribution < 1.29 is 9.18 Å². The van der Waals surface area contributed by atoms with Gasteiger partial charge in [-0.2, -0.15) is 0 Å². The van der Waals surface area contributed by atoms with Crippen molar-refractivity contribution >= 4 is 11.7 Å². The van der Waals surface area contributed by atoms with E-state index in [1.807, 2.05) is 4.90 Å². The topological polar surface area (TPSA) is 58.1 Å². The fourth-order valence-corrected chi connectivity index (χ4v) is 3.70. The molecule has 6 heteroatoms. The Morgan fingerprint density at radius 2 is 2.16 bits per heavy atom. The second-order valence-electron chi connectivity index (χ2n) is 6.74. The van der Waals surface area contributed by atoms with Gasteiger partial charge in [-0.1, -0.05) is 18.2 Å². The molecule has 2 aromatic rings. The number of anilines is 1. The van der Waals surface area contributed by atoms with Crippen molar-refractivity contribution in [2.24, 2.45) is 0 Å². The molecule has 1 aromatic heterocycles. The van der Waals surface area contributed by atoms with Crippen LogP contribution in [-0.4, -0.2) is 39.9 Å². The molecule has 0 spiro atoms. The first-order valence-electron chi connectivity index (χ1n) is 8.81. The van der Waals surface area contributed by atoms with Gasteiger partial charge in [0.1, 0.15) is 18.0 Å². The van der Waals surface area contributed by atoms with Crippen LogP contribution in [0, 0.1) is 5.82 Å². The van der Waals surface area contributed by atoms with Crippen LogP contribution in [0.2, 0.25) is 0 Å². The molecule has 1 fully saturated rings. The lowest BCUT2D eigenvalue weighted by Crippen LogP contribution is -2.33. The summed E-state index contributed by atoms with van der Waals surface area (Å²) in [6, 6.07) is 6.65. The Kier molecular flexibility index (Phi) is 4.34. The molecule has 130 valence electrons. The minimum absolute atomic E-state index is 0.0256. The van der Waals surface area contributed by atoms with Crippen molar-refractivity contribution in [2.75, 3.05) is 18.4 Å². The Balaban J connectivity index is 1.38. The molecule has 1 atom stereocenters. The maximum absolute atomic E-state index is 13.7. The van der Waals surface area contributed by atoms with Crippen LogP contribution in [0.15, 0.2) is 30.6 Å². The molecule has 1 saturated heterocycles. The molecule has 1 aliphatic heterocycles. The van der Waals surface area contributed by atoms with Crippen molar-refractivity contribution in [2.45, 2.75) is 38.1 Å². The summed E-state index contributed by atoms with van der Waals surface area (Å²) in [5.41, 5.74) is 2.82. The van der Waals surface area contributed by atoms with Crippen LogP contribution in [0.5, 0.6) is 0 Å². The number of halogens is 1. The normalized spacial score (nSPS) is 19.1. The number of aryl methyl sites for hydroxylation is 1. The quantitative estimate of drug-likeness (QED) is 0.928. The van der Waals surface area contributed by atoms with Crippen LogP contribution in [0.4, 0.5) is 10.2 Å². The van der Waals surface area contributed by atoms with Crippen LogP contribution in [0.1, 0.15) is 29.7 Å². The number of benzene rings is 1. The summed E-state index contributed by atoms with van der Waals surface area (Å²) >= 11 is 0. The van der Waals surface area contributed by atoms with Gasteiger partial charge in [0.15, 0.2) is 0 Å². The highest BCUT2D eigenvalue weighted by Gasteiger charge is 2.28. The Morgan fingerprint density at radius 3 is 3.04 bits per heavy atom. The van der Waals surface area contributed by atoms with Crippen molar-refractivity contribution in [3.8, 4) is 0 Å². The first kappa shape index (κ1) is 16.0. The van der Waals surface area contributed by atoms with Gasteiger partial charge in [-0.25, -0.2) is 14.4 Å². The Bertz CT molecular complexity index is 795. The Hall–Kier alpha value is -2.50. The number of hydrogen-bond donors (Lipinski definition) is 1. The van der Waals surface area contributed by atoms with E-state index in [0.717, 1.165) is 37.2 Å². The number of nitrogens with one attached hydrogen (secondary N) is 1. The van der Waals surface area contributed by atoms with Gasteiger partial charge in [0, 0.05) is 30.4 Å². The van der Waals surface area contributed by atoms with E-state index in [9.17, 15) is 9.18 Å². The smallest absolute Gasteiger partial charge is 0.227 e. The average molecular weight is 340 g/mol. The lowest BCUT2D eigenvalue weighted by atomic mass is 10.1. The van der Waals surface area contributed by atoms with Crippen LogP contribution >= 0.6 is 0 Å². The molecule has 4 rings (SSSR count). The second-order valence-corrected chi connectivity index (χ2v) is 6.74.